The first-order valence-corrected chi connectivity index (χ1v) is 28.5. The molecule has 1 fully saturated rings. The molecule has 14 heteroatoms. The number of phosphoric ester groups is 1. The first-order chi connectivity index (χ1) is 31.9. The lowest BCUT2D eigenvalue weighted by Crippen LogP contribution is -2.64. The van der Waals surface area contributed by atoms with E-state index < -0.39 is 75.7 Å². The van der Waals surface area contributed by atoms with E-state index in [1.165, 1.54) is 161 Å². The molecule has 0 amide bonds. The summed E-state index contributed by atoms with van der Waals surface area (Å²) in [6.45, 7) is 3.34. The number of carbonyl (C=O) groups is 2. The molecule has 0 saturated heterocycles. The Morgan fingerprint density at radius 1 is 0.455 bits per heavy atom. The standard InChI is InChI=1S/C52H99O13P/c1-3-5-7-9-11-13-15-17-19-21-23-25-26-28-30-32-34-36-38-40-45(53)62-42-44(43-63-66(60,61)65-52-50(58)48(56)47(55)49(57)51(52)59)64-46(54)41-39-37-35-33-31-29-27-24-22-20-18-16-14-12-10-8-6-4-2/h20,22,44,47-52,55-59H,3-19,21,23-43H2,1-2H3,(H,60,61)/b22-20-. The van der Waals surface area contributed by atoms with Crippen LogP contribution in [0.5, 0.6) is 0 Å². The van der Waals surface area contributed by atoms with Crippen molar-refractivity contribution in [1.29, 1.82) is 0 Å². The van der Waals surface area contributed by atoms with Crippen molar-refractivity contribution < 1.29 is 63.1 Å². The normalized spacial score (nSPS) is 21.3. The van der Waals surface area contributed by atoms with Crippen LogP contribution in [0, 0.1) is 0 Å². The molecule has 0 spiro atoms. The average molecular weight is 963 g/mol. The zero-order valence-electron chi connectivity index (χ0n) is 41.8. The van der Waals surface area contributed by atoms with Crippen LogP contribution in [0.15, 0.2) is 12.2 Å². The van der Waals surface area contributed by atoms with Crippen LogP contribution < -0.4 is 0 Å². The maximum atomic E-state index is 12.9. The van der Waals surface area contributed by atoms with Gasteiger partial charge in [-0.3, -0.25) is 18.6 Å². The molecular weight excluding hydrogens is 864 g/mol. The maximum Gasteiger partial charge on any atom is 0.472 e. The molecule has 0 aliphatic heterocycles. The summed E-state index contributed by atoms with van der Waals surface area (Å²) in [6.07, 6.45) is 34.0. The van der Waals surface area contributed by atoms with Crippen molar-refractivity contribution in [2.24, 2.45) is 0 Å². The van der Waals surface area contributed by atoms with E-state index >= 15 is 0 Å². The van der Waals surface area contributed by atoms with E-state index in [1.54, 1.807) is 0 Å². The van der Waals surface area contributed by atoms with E-state index in [4.69, 9.17) is 18.5 Å². The summed E-state index contributed by atoms with van der Waals surface area (Å²) in [5.74, 6) is -1.09. The lowest BCUT2D eigenvalue weighted by atomic mass is 9.85. The fraction of sp³-hybridized carbons (Fsp3) is 0.923. The third-order valence-corrected chi connectivity index (χ3v) is 13.8. The summed E-state index contributed by atoms with van der Waals surface area (Å²) in [5, 5.41) is 50.3. The van der Waals surface area contributed by atoms with Crippen LogP contribution in [-0.2, 0) is 32.7 Å². The number of carbonyl (C=O) groups excluding carboxylic acids is 2. The van der Waals surface area contributed by atoms with E-state index in [9.17, 15) is 44.6 Å². The number of unbranched alkanes of at least 4 members (excludes halogenated alkanes) is 32. The van der Waals surface area contributed by atoms with E-state index in [0.717, 1.165) is 51.4 Å². The molecule has 0 heterocycles. The number of esters is 2. The van der Waals surface area contributed by atoms with Crippen molar-refractivity contribution in [3.05, 3.63) is 12.2 Å². The van der Waals surface area contributed by atoms with Gasteiger partial charge in [-0.2, -0.15) is 0 Å². The van der Waals surface area contributed by atoms with Crippen LogP contribution in [0.4, 0.5) is 0 Å². The number of hydrogen-bond donors (Lipinski definition) is 6. The number of phosphoric acid groups is 1. The van der Waals surface area contributed by atoms with E-state index in [1.807, 2.05) is 0 Å². The van der Waals surface area contributed by atoms with Crippen LogP contribution in [-0.4, -0.2) is 98.3 Å². The minimum Gasteiger partial charge on any atom is -0.462 e. The molecule has 0 radical (unpaired) electrons. The summed E-state index contributed by atoms with van der Waals surface area (Å²) in [6, 6.07) is 0. The van der Waals surface area contributed by atoms with Crippen LogP contribution >= 0.6 is 7.82 Å². The van der Waals surface area contributed by atoms with Gasteiger partial charge in [-0.1, -0.05) is 212 Å². The Labute approximate surface area is 401 Å². The Kier molecular flexibility index (Phi) is 40.3. The third-order valence-electron chi connectivity index (χ3n) is 12.9. The molecule has 6 unspecified atom stereocenters. The molecule has 66 heavy (non-hydrogen) atoms. The van der Waals surface area contributed by atoms with Crippen LogP contribution in [0.3, 0.4) is 0 Å². The van der Waals surface area contributed by atoms with Crippen LogP contribution in [0.25, 0.3) is 0 Å². The summed E-state index contributed by atoms with van der Waals surface area (Å²) in [7, 11) is -5.12. The minimum atomic E-state index is -5.12. The van der Waals surface area contributed by atoms with Crippen molar-refractivity contribution >= 4 is 19.8 Å². The van der Waals surface area contributed by atoms with Crippen molar-refractivity contribution in [1.82, 2.24) is 0 Å². The Bertz CT molecular complexity index is 1200. The molecule has 0 bridgehead atoms. The summed E-state index contributed by atoms with van der Waals surface area (Å²) in [5.41, 5.74) is 0. The largest absolute Gasteiger partial charge is 0.472 e. The van der Waals surface area contributed by atoms with Crippen molar-refractivity contribution in [3.8, 4) is 0 Å². The second kappa shape index (κ2) is 42.5. The molecule has 1 aliphatic rings. The number of aliphatic hydroxyl groups is 5. The van der Waals surface area contributed by atoms with Gasteiger partial charge in [0, 0.05) is 12.8 Å². The predicted molar refractivity (Wildman–Crippen MR) is 263 cm³/mol. The SMILES string of the molecule is CCCCCCCCC/C=C\CCCCCCCCCC(=O)OC(COC(=O)CCCCCCCCCCCCCCCCCCCCC)COP(=O)(O)OC1C(O)C(O)C(O)C(O)C1O. The van der Waals surface area contributed by atoms with Gasteiger partial charge >= 0.3 is 19.8 Å². The zero-order chi connectivity index (χ0) is 48.5. The van der Waals surface area contributed by atoms with Gasteiger partial charge in [-0.25, -0.2) is 4.57 Å². The van der Waals surface area contributed by atoms with Crippen LogP contribution in [0.1, 0.15) is 251 Å². The Morgan fingerprint density at radius 2 is 0.773 bits per heavy atom. The fourth-order valence-electron chi connectivity index (χ4n) is 8.52. The van der Waals surface area contributed by atoms with Crippen molar-refractivity contribution in [2.75, 3.05) is 13.2 Å². The molecule has 1 rings (SSSR count). The van der Waals surface area contributed by atoms with Gasteiger partial charge in [0.05, 0.1) is 6.61 Å². The molecule has 390 valence electrons. The van der Waals surface area contributed by atoms with Gasteiger partial charge in [0.2, 0.25) is 0 Å². The second-order valence-corrected chi connectivity index (χ2v) is 20.5. The highest BCUT2D eigenvalue weighted by atomic mass is 31.2. The highest BCUT2D eigenvalue weighted by molar-refractivity contribution is 7.47. The van der Waals surface area contributed by atoms with Crippen LogP contribution in [0.2, 0.25) is 0 Å². The Balaban J connectivity index is 2.37. The van der Waals surface area contributed by atoms with E-state index in [-0.39, 0.29) is 12.8 Å². The predicted octanol–water partition coefficient (Wildman–Crippen LogP) is 11.8. The van der Waals surface area contributed by atoms with Gasteiger partial charge in [0.15, 0.2) is 6.10 Å². The van der Waals surface area contributed by atoms with Gasteiger partial charge < -0.3 is 39.9 Å². The monoisotopic (exact) mass is 963 g/mol. The lowest BCUT2D eigenvalue weighted by molar-refractivity contribution is -0.220. The highest BCUT2D eigenvalue weighted by Crippen LogP contribution is 2.47. The lowest BCUT2D eigenvalue weighted by Gasteiger charge is -2.41. The zero-order valence-corrected chi connectivity index (χ0v) is 42.7. The number of rotatable bonds is 46. The molecular formula is C52H99O13P. The Morgan fingerprint density at radius 3 is 1.15 bits per heavy atom. The minimum absolute atomic E-state index is 0.0964. The first-order valence-electron chi connectivity index (χ1n) is 27.0. The number of hydrogen-bond acceptors (Lipinski definition) is 12. The number of ether oxygens (including phenoxy) is 2. The third kappa shape index (κ3) is 34.0. The quantitative estimate of drug-likeness (QED) is 0.0145. The molecule has 0 aromatic rings. The maximum absolute atomic E-state index is 12.9. The molecule has 1 aliphatic carbocycles. The van der Waals surface area contributed by atoms with Gasteiger partial charge in [-0.05, 0) is 38.5 Å². The summed E-state index contributed by atoms with van der Waals surface area (Å²) < 4.78 is 33.7. The average Bonchev–Trinajstić information content (AvgIpc) is 3.30. The number of allylic oxidation sites excluding steroid dienone is 2. The molecule has 6 atom stereocenters. The van der Waals surface area contributed by atoms with Gasteiger partial charge in [-0.15, -0.1) is 0 Å². The smallest absolute Gasteiger partial charge is 0.462 e. The Hall–Kier alpha value is -1.41. The van der Waals surface area contributed by atoms with E-state index in [0.29, 0.717) is 12.8 Å². The number of aliphatic hydroxyl groups excluding tert-OH is 5. The summed E-state index contributed by atoms with van der Waals surface area (Å²) in [4.78, 5) is 35.9. The second-order valence-electron chi connectivity index (χ2n) is 19.1. The first kappa shape index (κ1) is 62.6. The van der Waals surface area contributed by atoms with Crippen molar-refractivity contribution in [3.63, 3.8) is 0 Å². The molecule has 6 N–H and O–H groups in total. The molecule has 0 aromatic carbocycles. The fourth-order valence-corrected chi connectivity index (χ4v) is 9.49. The molecule has 1 saturated carbocycles. The molecule has 13 nitrogen and oxygen atoms in total. The van der Waals surface area contributed by atoms with E-state index in [2.05, 4.69) is 26.0 Å². The highest BCUT2D eigenvalue weighted by Gasteiger charge is 2.51. The van der Waals surface area contributed by atoms with Crippen molar-refractivity contribution in [2.45, 2.75) is 294 Å². The van der Waals surface area contributed by atoms with Gasteiger partial charge in [0.25, 0.3) is 0 Å². The summed E-state index contributed by atoms with van der Waals surface area (Å²) >= 11 is 0. The van der Waals surface area contributed by atoms with Gasteiger partial charge in [0.1, 0.15) is 43.2 Å². The molecule has 0 aromatic heterocycles. The topological polar surface area (TPSA) is 210 Å².